The van der Waals surface area contributed by atoms with Crippen molar-refractivity contribution in [3.63, 3.8) is 0 Å². The van der Waals surface area contributed by atoms with Crippen molar-refractivity contribution in [2.45, 2.75) is 31.2 Å². The zero-order valence-electron chi connectivity index (χ0n) is 10.3. The predicted octanol–water partition coefficient (Wildman–Crippen LogP) is 1.27. The van der Waals surface area contributed by atoms with Crippen LogP contribution in [0.5, 0.6) is 5.75 Å². The molecular formula is C14H17NO3. The van der Waals surface area contributed by atoms with Crippen molar-refractivity contribution in [3.05, 3.63) is 29.3 Å². The summed E-state index contributed by atoms with van der Waals surface area (Å²) in [5.41, 5.74) is 1.79. The Kier molecular flexibility index (Phi) is 2.38. The second-order valence-corrected chi connectivity index (χ2v) is 5.71. The zero-order chi connectivity index (χ0) is 12.9. The Morgan fingerprint density at radius 1 is 1.50 bits per heavy atom. The fourth-order valence-electron chi connectivity index (χ4n) is 3.69. The third-order valence-corrected chi connectivity index (χ3v) is 4.42. The lowest BCUT2D eigenvalue weighted by Gasteiger charge is -2.48. The average Bonchev–Trinajstić information content (AvgIpc) is 2.27. The lowest BCUT2D eigenvalue weighted by atomic mass is 9.61. The molecule has 4 nitrogen and oxygen atoms in total. The molecule has 3 rings (SSSR count). The third kappa shape index (κ3) is 1.52. The molecule has 1 fully saturated rings. The number of aliphatic carboxylic acids is 1. The first-order chi connectivity index (χ1) is 8.50. The molecule has 0 spiro atoms. The summed E-state index contributed by atoms with van der Waals surface area (Å²) in [7, 11) is 0. The number of nitrogens with one attached hydrogen (secondary N) is 1. The van der Waals surface area contributed by atoms with E-state index in [0.29, 0.717) is 5.92 Å². The number of fused-ring (bicyclic) bond motifs is 4. The minimum atomic E-state index is -0.795. The van der Waals surface area contributed by atoms with Gasteiger partial charge in [-0.3, -0.25) is 4.79 Å². The van der Waals surface area contributed by atoms with E-state index in [1.165, 1.54) is 0 Å². The van der Waals surface area contributed by atoms with E-state index >= 15 is 0 Å². The van der Waals surface area contributed by atoms with Gasteiger partial charge >= 0.3 is 5.97 Å². The van der Waals surface area contributed by atoms with Crippen molar-refractivity contribution >= 4 is 5.97 Å². The number of benzene rings is 1. The Bertz CT molecular complexity index is 514. The molecule has 0 aromatic heterocycles. The standard InChI is InChI=1S/C14H17NO3/c1-14-6-8(7-15-12(14)13(17)18)4-9-5-10(16)2-3-11(9)14/h2-3,5,8,12,15-16H,4,6-7H2,1H3,(H,17,18)/t8-,12+,14-/m1/s1. The Morgan fingerprint density at radius 2 is 2.28 bits per heavy atom. The summed E-state index contributed by atoms with van der Waals surface area (Å²) in [5, 5.41) is 22.1. The van der Waals surface area contributed by atoms with Gasteiger partial charge in [0.2, 0.25) is 0 Å². The second-order valence-electron chi connectivity index (χ2n) is 5.71. The first-order valence-electron chi connectivity index (χ1n) is 6.29. The van der Waals surface area contributed by atoms with Gasteiger partial charge in [0.1, 0.15) is 11.8 Å². The third-order valence-electron chi connectivity index (χ3n) is 4.42. The Morgan fingerprint density at radius 3 is 3.00 bits per heavy atom. The molecule has 3 atom stereocenters. The summed E-state index contributed by atoms with van der Waals surface area (Å²) in [6, 6.07) is 4.77. The first-order valence-corrected chi connectivity index (χ1v) is 6.29. The van der Waals surface area contributed by atoms with Crippen molar-refractivity contribution in [2.75, 3.05) is 6.54 Å². The van der Waals surface area contributed by atoms with E-state index in [0.717, 1.165) is 30.5 Å². The number of phenols is 1. The van der Waals surface area contributed by atoms with Gasteiger partial charge < -0.3 is 15.5 Å². The Balaban J connectivity index is 2.14. The smallest absolute Gasteiger partial charge is 0.321 e. The quantitative estimate of drug-likeness (QED) is 0.699. The number of carboxylic acids is 1. The van der Waals surface area contributed by atoms with Crippen molar-refractivity contribution in [1.82, 2.24) is 5.32 Å². The van der Waals surface area contributed by atoms with Crippen molar-refractivity contribution in [2.24, 2.45) is 5.92 Å². The first kappa shape index (κ1) is 11.5. The van der Waals surface area contributed by atoms with Crippen LogP contribution in [-0.4, -0.2) is 28.8 Å². The lowest BCUT2D eigenvalue weighted by molar-refractivity contribution is -0.142. The highest BCUT2D eigenvalue weighted by atomic mass is 16.4. The zero-order valence-corrected chi connectivity index (χ0v) is 10.3. The molecule has 0 saturated carbocycles. The van der Waals surface area contributed by atoms with Crippen LogP contribution < -0.4 is 5.32 Å². The van der Waals surface area contributed by atoms with E-state index in [1.807, 2.05) is 13.0 Å². The van der Waals surface area contributed by atoms with E-state index in [4.69, 9.17) is 0 Å². The summed E-state index contributed by atoms with van der Waals surface area (Å²) in [6.45, 7) is 2.75. The van der Waals surface area contributed by atoms with Crippen LogP contribution in [0, 0.1) is 5.92 Å². The van der Waals surface area contributed by atoms with Crippen molar-refractivity contribution in [1.29, 1.82) is 0 Å². The largest absolute Gasteiger partial charge is 0.508 e. The number of aromatic hydroxyl groups is 1. The van der Waals surface area contributed by atoms with Gasteiger partial charge in [-0.05, 0) is 48.6 Å². The second kappa shape index (κ2) is 3.72. The minimum absolute atomic E-state index is 0.261. The fourth-order valence-corrected chi connectivity index (χ4v) is 3.69. The van der Waals surface area contributed by atoms with Gasteiger partial charge in [-0.1, -0.05) is 13.0 Å². The maximum Gasteiger partial charge on any atom is 0.321 e. The van der Waals surface area contributed by atoms with Crippen LogP contribution in [0.1, 0.15) is 24.5 Å². The van der Waals surface area contributed by atoms with Crippen LogP contribution in [0.25, 0.3) is 0 Å². The highest BCUT2D eigenvalue weighted by Gasteiger charge is 2.48. The number of piperidine rings is 1. The summed E-state index contributed by atoms with van der Waals surface area (Å²) in [5.74, 6) is -0.0751. The Labute approximate surface area is 106 Å². The summed E-state index contributed by atoms with van der Waals surface area (Å²) >= 11 is 0. The summed E-state index contributed by atoms with van der Waals surface area (Å²) < 4.78 is 0. The maximum atomic E-state index is 11.4. The summed E-state index contributed by atoms with van der Waals surface area (Å²) in [4.78, 5) is 11.4. The van der Waals surface area contributed by atoms with Crippen LogP contribution in [0.15, 0.2) is 18.2 Å². The van der Waals surface area contributed by atoms with Crippen molar-refractivity contribution in [3.8, 4) is 5.75 Å². The molecule has 1 aliphatic heterocycles. The number of rotatable bonds is 1. The van der Waals surface area contributed by atoms with Crippen molar-refractivity contribution < 1.29 is 15.0 Å². The topological polar surface area (TPSA) is 69.6 Å². The van der Waals surface area contributed by atoms with Gasteiger partial charge in [0.25, 0.3) is 0 Å². The van der Waals surface area contributed by atoms with Crippen LogP contribution >= 0.6 is 0 Å². The molecule has 1 aromatic carbocycles. The molecule has 0 amide bonds. The van der Waals surface area contributed by atoms with Gasteiger partial charge in [0.05, 0.1) is 0 Å². The lowest BCUT2D eigenvalue weighted by Crippen LogP contribution is -2.60. The molecule has 18 heavy (non-hydrogen) atoms. The maximum absolute atomic E-state index is 11.4. The summed E-state index contributed by atoms with van der Waals surface area (Å²) in [6.07, 6.45) is 1.81. The molecule has 4 heteroatoms. The van der Waals surface area contributed by atoms with Gasteiger partial charge in [0, 0.05) is 5.41 Å². The molecule has 2 bridgehead atoms. The van der Waals surface area contributed by atoms with Gasteiger partial charge in [-0.25, -0.2) is 0 Å². The number of carboxylic acid groups (broad SMARTS) is 1. The molecule has 0 unspecified atom stereocenters. The van der Waals surface area contributed by atoms with Gasteiger partial charge in [0.15, 0.2) is 0 Å². The van der Waals surface area contributed by atoms with Gasteiger partial charge in [-0.2, -0.15) is 0 Å². The molecule has 1 aliphatic carbocycles. The van der Waals surface area contributed by atoms with E-state index in [9.17, 15) is 15.0 Å². The highest BCUT2D eigenvalue weighted by molar-refractivity contribution is 5.77. The molecular weight excluding hydrogens is 230 g/mol. The van der Waals surface area contributed by atoms with Crippen LogP contribution in [0.4, 0.5) is 0 Å². The molecule has 0 radical (unpaired) electrons. The molecule has 1 heterocycles. The number of phenolic OH excluding ortho intramolecular Hbond substituents is 1. The molecule has 1 saturated heterocycles. The van der Waals surface area contributed by atoms with E-state index in [-0.39, 0.29) is 11.2 Å². The average molecular weight is 247 g/mol. The molecule has 96 valence electrons. The van der Waals surface area contributed by atoms with E-state index in [2.05, 4.69) is 5.32 Å². The van der Waals surface area contributed by atoms with Crippen LogP contribution in [0.3, 0.4) is 0 Å². The van der Waals surface area contributed by atoms with E-state index in [1.54, 1.807) is 12.1 Å². The SMILES string of the molecule is C[C@]12C[C@H](CN[C@H]1C(=O)O)Cc1cc(O)ccc12. The molecule has 3 N–H and O–H groups in total. The molecule has 1 aromatic rings. The van der Waals surface area contributed by atoms with Crippen LogP contribution in [0.2, 0.25) is 0 Å². The monoisotopic (exact) mass is 247 g/mol. The normalized spacial score (nSPS) is 33.8. The Hall–Kier alpha value is -1.55. The number of carbonyl (C=O) groups is 1. The molecule has 2 aliphatic rings. The predicted molar refractivity (Wildman–Crippen MR) is 66.7 cm³/mol. The van der Waals surface area contributed by atoms with E-state index < -0.39 is 12.0 Å². The van der Waals surface area contributed by atoms with Gasteiger partial charge in [-0.15, -0.1) is 0 Å². The van der Waals surface area contributed by atoms with Crippen LogP contribution in [-0.2, 0) is 16.6 Å². The highest BCUT2D eigenvalue weighted by Crippen LogP contribution is 2.45. The number of hydrogen-bond donors (Lipinski definition) is 3. The minimum Gasteiger partial charge on any atom is -0.508 e. The number of hydrogen-bond acceptors (Lipinski definition) is 3. The fraction of sp³-hybridized carbons (Fsp3) is 0.500.